The molecule has 9 heteroatoms. The van der Waals surface area contributed by atoms with Gasteiger partial charge in [0.25, 0.3) is 11.6 Å². The number of hydrogen-bond acceptors (Lipinski definition) is 6. The number of amides is 1. The molecule has 0 fully saturated rings. The number of nitrogens with one attached hydrogen (secondary N) is 1. The second-order valence-corrected chi connectivity index (χ2v) is 8.40. The number of aryl methyl sites for hydroxylation is 1. The van der Waals surface area contributed by atoms with E-state index in [0.717, 1.165) is 14.7 Å². The van der Waals surface area contributed by atoms with Gasteiger partial charge in [-0.25, -0.2) is 0 Å². The summed E-state index contributed by atoms with van der Waals surface area (Å²) in [6.45, 7) is 2.38. The van der Waals surface area contributed by atoms with Crippen molar-refractivity contribution in [2.24, 2.45) is 0 Å². The van der Waals surface area contributed by atoms with Gasteiger partial charge in [0.1, 0.15) is 18.2 Å². The molecular weight excluding hydrogens is 549 g/mol. The van der Waals surface area contributed by atoms with Crippen LogP contribution in [0.15, 0.2) is 66.2 Å². The van der Waals surface area contributed by atoms with Crippen molar-refractivity contribution in [3.05, 3.63) is 96.6 Å². The molecule has 0 saturated heterocycles. The van der Waals surface area contributed by atoms with Gasteiger partial charge in [-0.1, -0.05) is 29.8 Å². The highest BCUT2D eigenvalue weighted by atomic mass is 127. The van der Waals surface area contributed by atoms with Crippen LogP contribution in [0.4, 0.5) is 11.4 Å². The third kappa shape index (κ3) is 6.32. The molecule has 172 valence electrons. The monoisotopic (exact) mass is 569 g/mol. The van der Waals surface area contributed by atoms with Crippen molar-refractivity contribution in [2.45, 2.75) is 13.5 Å². The molecular formula is C25H20IN3O5. The van der Waals surface area contributed by atoms with E-state index in [4.69, 9.17) is 9.47 Å². The molecule has 0 aliphatic rings. The fraction of sp³-hybridized carbons (Fsp3) is 0.120. The van der Waals surface area contributed by atoms with Crippen LogP contribution in [0.25, 0.3) is 6.08 Å². The van der Waals surface area contributed by atoms with Crippen LogP contribution < -0.4 is 14.8 Å². The number of halogens is 1. The van der Waals surface area contributed by atoms with Gasteiger partial charge in [0.15, 0.2) is 11.5 Å². The molecule has 0 unspecified atom stereocenters. The van der Waals surface area contributed by atoms with E-state index in [-0.39, 0.29) is 11.3 Å². The van der Waals surface area contributed by atoms with E-state index in [1.165, 1.54) is 37.5 Å². The molecule has 34 heavy (non-hydrogen) atoms. The average molecular weight is 569 g/mol. The molecule has 3 aromatic carbocycles. The largest absolute Gasteiger partial charge is 0.493 e. The first-order chi connectivity index (χ1) is 16.3. The van der Waals surface area contributed by atoms with E-state index in [1.54, 1.807) is 12.1 Å². The third-order valence-electron chi connectivity index (χ3n) is 4.77. The van der Waals surface area contributed by atoms with E-state index in [2.05, 4.69) is 27.9 Å². The van der Waals surface area contributed by atoms with Gasteiger partial charge in [-0.05, 0) is 71.0 Å². The molecule has 0 aliphatic carbocycles. The molecule has 1 N–H and O–H groups in total. The zero-order valence-electron chi connectivity index (χ0n) is 18.4. The second-order valence-electron chi connectivity index (χ2n) is 7.24. The molecule has 3 rings (SSSR count). The number of methoxy groups -OCH3 is 1. The van der Waals surface area contributed by atoms with Crippen molar-refractivity contribution in [2.75, 3.05) is 12.4 Å². The molecule has 0 spiro atoms. The van der Waals surface area contributed by atoms with Crippen molar-refractivity contribution < 1.29 is 19.2 Å². The van der Waals surface area contributed by atoms with Crippen LogP contribution >= 0.6 is 22.6 Å². The molecule has 8 nitrogen and oxygen atoms in total. The number of carbonyl (C=O) groups excluding carboxylic acids is 1. The number of ether oxygens (including phenoxy) is 2. The highest BCUT2D eigenvalue weighted by Gasteiger charge is 2.15. The fourth-order valence-electron chi connectivity index (χ4n) is 2.98. The van der Waals surface area contributed by atoms with Crippen LogP contribution in [0.2, 0.25) is 0 Å². The van der Waals surface area contributed by atoms with E-state index in [0.29, 0.717) is 29.4 Å². The summed E-state index contributed by atoms with van der Waals surface area (Å²) in [4.78, 5) is 22.8. The number of anilines is 1. The summed E-state index contributed by atoms with van der Waals surface area (Å²) in [6.07, 6.45) is 1.44. The quantitative estimate of drug-likeness (QED) is 0.124. The average Bonchev–Trinajstić information content (AvgIpc) is 2.82. The number of hydrogen-bond donors (Lipinski definition) is 1. The van der Waals surface area contributed by atoms with Crippen LogP contribution in [-0.2, 0) is 11.4 Å². The molecule has 0 atom stereocenters. The number of nitrogens with zero attached hydrogens (tertiary/aromatic N) is 2. The second kappa shape index (κ2) is 11.3. The Morgan fingerprint density at radius 3 is 2.44 bits per heavy atom. The molecule has 0 radical (unpaired) electrons. The lowest BCUT2D eigenvalue weighted by Crippen LogP contribution is -2.13. The summed E-state index contributed by atoms with van der Waals surface area (Å²) < 4.78 is 12.2. The summed E-state index contributed by atoms with van der Waals surface area (Å²) in [7, 11) is 1.52. The maximum Gasteiger partial charge on any atom is 0.269 e. The minimum Gasteiger partial charge on any atom is -0.493 e. The lowest BCUT2D eigenvalue weighted by atomic mass is 10.1. The topological polar surface area (TPSA) is 114 Å². The Balaban J connectivity index is 1.78. The van der Waals surface area contributed by atoms with Crippen LogP contribution in [0.3, 0.4) is 0 Å². The molecule has 0 bridgehead atoms. The zero-order chi connectivity index (χ0) is 24.7. The molecule has 0 saturated carbocycles. The lowest BCUT2D eigenvalue weighted by Gasteiger charge is -2.14. The summed E-state index contributed by atoms with van der Waals surface area (Å²) in [5, 5.41) is 22.8. The van der Waals surface area contributed by atoms with E-state index >= 15 is 0 Å². The summed E-state index contributed by atoms with van der Waals surface area (Å²) >= 11 is 2.11. The van der Waals surface area contributed by atoms with Gasteiger partial charge >= 0.3 is 0 Å². The Bertz CT molecular complexity index is 1280. The number of rotatable bonds is 8. The minimum atomic E-state index is -0.634. The Kier molecular flexibility index (Phi) is 8.21. The molecule has 0 aromatic heterocycles. The Morgan fingerprint density at radius 2 is 1.85 bits per heavy atom. The fourth-order valence-corrected chi connectivity index (χ4v) is 3.76. The first-order valence-electron chi connectivity index (χ1n) is 10.0. The van der Waals surface area contributed by atoms with Gasteiger partial charge in [-0.2, -0.15) is 5.26 Å². The minimum absolute atomic E-state index is 0.0968. The molecule has 3 aromatic rings. The van der Waals surface area contributed by atoms with Gasteiger partial charge in [-0.15, -0.1) is 0 Å². The van der Waals surface area contributed by atoms with Crippen molar-refractivity contribution in [3.8, 4) is 17.6 Å². The molecule has 0 aliphatic heterocycles. The van der Waals surface area contributed by atoms with E-state index < -0.39 is 10.8 Å². The highest BCUT2D eigenvalue weighted by molar-refractivity contribution is 14.1. The van der Waals surface area contributed by atoms with E-state index in [1.807, 2.05) is 37.3 Å². The van der Waals surface area contributed by atoms with Gasteiger partial charge in [-0.3, -0.25) is 14.9 Å². The standard InChI is InChI=1S/C25H20IN3O5/c1-16-3-5-17(6-4-16)15-34-24-22(26)12-18(13-23(24)33-2)11-19(14-27)25(30)28-20-7-9-21(10-8-20)29(31)32/h3-13H,15H2,1-2H3,(H,28,30)/b19-11-. The number of benzene rings is 3. The predicted molar refractivity (Wildman–Crippen MR) is 137 cm³/mol. The summed E-state index contributed by atoms with van der Waals surface area (Å²) in [5.74, 6) is 0.401. The Labute approximate surface area is 210 Å². The number of non-ortho nitro benzene ring substituents is 1. The number of nitriles is 1. The first kappa shape index (κ1) is 24.7. The van der Waals surface area contributed by atoms with Crippen LogP contribution in [0.5, 0.6) is 11.5 Å². The number of carbonyl (C=O) groups is 1. The molecule has 0 heterocycles. The smallest absolute Gasteiger partial charge is 0.269 e. The predicted octanol–water partition coefficient (Wildman–Crippen LogP) is 5.64. The number of nitro benzene ring substituents is 1. The van der Waals surface area contributed by atoms with Crippen molar-refractivity contribution >= 4 is 45.9 Å². The van der Waals surface area contributed by atoms with Gasteiger partial charge in [0.2, 0.25) is 0 Å². The van der Waals surface area contributed by atoms with Crippen LogP contribution in [0.1, 0.15) is 16.7 Å². The van der Waals surface area contributed by atoms with Crippen molar-refractivity contribution in [3.63, 3.8) is 0 Å². The van der Waals surface area contributed by atoms with Crippen molar-refractivity contribution in [1.29, 1.82) is 5.26 Å². The Hall–Kier alpha value is -3.91. The van der Waals surface area contributed by atoms with Crippen molar-refractivity contribution in [1.82, 2.24) is 0 Å². The SMILES string of the molecule is COc1cc(/C=C(/C#N)C(=O)Nc2ccc([N+](=O)[O-])cc2)cc(I)c1OCc1ccc(C)cc1. The van der Waals surface area contributed by atoms with E-state index in [9.17, 15) is 20.2 Å². The lowest BCUT2D eigenvalue weighted by molar-refractivity contribution is -0.384. The maximum atomic E-state index is 12.6. The summed E-state index contributed by atoms with van der Waals surface area (Å²) in [5.41, 5.74) is 2.87. The highest BCUT2D eigenvalue weighted by Crippen LogP contribution is 2.35. The summed E-state index contributed by atoms with van der Waals surface area (Å²) in [6, 6.07) is 18.7. The van der Waals surface area contributed by atoms with Crippen LogP contribution in [-0.4, -0.2) is 17.9 Å². The van der Waals surface area contributed by atoms with Gasteiger partial charge in [0, 0.05) is 17.8 Å². The third-order valence-corrected chi connectivity index (χ3v) is 5.57. The van der Waals surface area contributed by atoms with Crippen LogP contribution in [0, 0.1) is 31.9 Å². The van der Waals surface area contributed by atoms with Gasteiger partial charge in [0.05, 0.1) is 15.6 Å². The van der Waals surface area contributed by atoms with Gasteiger partial charge < -0.3 is 14.8 Å². The zero-order valence-corrected chi connectivity index (χ0v) is 20.5. The first-order valence-corrected chi connectivity index (χ1v) is 11.1. The Morgan fingerprint density at radius 1 is 1.18 bits per heavy atom. The molecule has 1 amide bonds. The number of nitro groups is 1. The maximum absolute atomic E-state index is 12.6. The normalized spacial score (nSPS) is 10.8.